The lowest BCUT2D eigenvalue weighted by atomic mass is 10.1. The maximum absolute atomic E-state index is 5.61. The molecule has 1 aliphatic heterocycles. The minimum Gasteiger partial charge on any atom is -0.478 e. The molecule has 1 aliphatic rings. The van der Waals surface area contributed by atoms with Crippen molar-refractivity contribution in [1.29, 1.82) is 0 Å². The molecule has 82 valence electrons. The Balaban J connectivity index is 1.73. The second-order valence-corrected chi connectivity index (χ2v) is 4.17. The maximum atomic E-state index is 5.61. The van der Waals surface area contributed by atoms with Crippen LogP contribution >= 0.6 is 0 Å². The molecule has 0 spiro atoms. The summed E-state index contributed by atoms with van der Waals surface area (Å²) in [5.74, 6) is 1.54. The number of rotatable bonds is 4. The van der Waals surface area contributed by atoms with Crippen LogP contribution in [0.1, 0.15) is 18.4 Å². The van der Waals surface area contributed by atoms with Crippen LogP contribution in [0.5, 0.6) is 5.88 Å². The highest BCUT2D eigenvalue weighted by atomic mass is 16.5. The Kier molecular flexibility index (Phi) is 3.56. The zero-order valence-corrected chi connectivity index (χ0v) is 9.20. The highest BCUT2D eigenvalue weighted by Gasteiger charge is 2.13. The molecule has 2 rings (SSSR count). The van der Waals surface area contributed by atoms with Gasteiger partial charge in [0.25, 0.3) is 0 Å². The Morgan fingerprint density at radius 3 is 3.27 bits per heavy atom. The van der Waals surface area contributed by atoms with Crippen LogP contribution in [0.3, 0.4) is 0 Å². The van der Waals surface area contributed by atoms with E-state index in [0.29, 0.717) is 0 Å². The summed E-state index contributed by atoms with van der Waals surface area (Å²) in [6, 6.07) is 3.96. The first-order valence-corrected chi connectivity index (χ1v) is 5.61. The highest BCUT2D eigenvalue weighted by molar-refractivity contribution is 5.18. The van der Waals surface area contributed by atoms with Gasteiger partial charge in [0, 0.05) is 12.3 Å². The highest BCUT2D eigenvalue weighted by Crippen LogP contribution is 2.14. The molecular weight excluding hydrogens is 188 g/mol. The number of aromatic nitrogens is 1. The molecule has 3 nitrogen and oxygen atoms in total. The minimum atomic E-state index is 0.751. The quantitative estimate of drug-likeness (QED) is 0.815. The Morgan fingerprint density at radius 2 is 2.53 bits per heavy atom. The van der Waals surface area contributed by atoms with E-state index in [4.69, 9.17) is 4.74 Å². The van der Waals surface area contributed by atoms with E-state index in [2.05, 4.69) is 17.2 Å². The summed E-state index contributed by atoms with van der Waals surface area (Å²) < 4.78 is 5.61. The molecule has 1 aromatic heterocycles. The third-order valence-corrected chi connectivity index (χ3v) is 2.83. The molecule has 1 aromatic rings. The van der Waals surface area contributed by atoms with Crippen LogP contribution in [0.2, 0.25) is 0 Å². The number of hydrogen-bond donors (Lipinski definition) is 1. The molecule has 1 saturated heterocycles. The van der Waals surface area contributed by atoms with Gasteiger partial charge in [-0.05, 0) is 50.4 Å². The van der Waals surface area contributed by atoms with Crippen LogP contribution in [0.4, 0.5) is 0 Å². The number of ether oxygens (including phenoxy) is 1. The summed E-state index contributed by atoms with van der Waals surface area (Å²) in [6.07, 6.45) is 4.20. The normalized spacial score (nSPS) is 20.5. The summed E-state index contributed by atoms with van der Waals surface area (Å²) in [4.78, 5) is 4.17. The average Bonchev–Trinajstić information content (AvgIpc) is 2.71. The lowest BCUT2D eigenvalue weighted by molar-refractivity contribution is 0.274. The fourth-order valence-electron chi connectivity index (χ4n) is 1.88. The molecule has 0 bridgehead atoms. The van der Waals surface area contributed by atoms with Crippen molar-refractivity contribution in [3.63, 3.8) is 0 Å². The van der Waals surface area contributed by atoms with Gasteiger partial charge in [-0.2, -0.15) is 0 Å². The Labute approximate surface area is 90.9 Å². The molecule has 0 saturated carbocycles. The van der Waals surface area contributed by atoms with E-state index in [9.17, 15) is 0 Å². The first-order chi connectivity index (χ1) is 7.34. The number of nitrogens with one attached hydrogen (secondary N) is 1. The monoisotopic (exact) mass is 206 g/mol. The smallest absolute Gasteiger partial charge is 0.213 e. The molecule has 1 atom stereocenters. The molecule has 15 heavy (non-hydrogen) atoms. The Bertz CT molecular complexity index is 308. The summed E-state index contributed by atoms with van der Waals surface area (Å²) in [6.45, 7) is 5.14. The standard InChI is InChI=1S/C12H18N2O/c1-10-2-6-14-12(8-10)15-7-4-11-3-5-13-9-11/h2,6,8,11,13H,3-5,7,9H2,1H3. The van der Waals surface area contributed by atoms with Crippen LogP contribution < -0.4 is 10.1 Å². The van der Waals surface area contributed by atoms with Crippen LogP contribution in [0.25, 0.3) is 0 Å². The second-order valence-electron chi connectivity index (χ2n) is 4.17. The van der Waals surface area contributed by atoms with E-state index in [1.807, 2.05) is 12.1 Å². The van der Waals surface area contributed by atoms with Gasteiger partial charge in [-0.1, -0.05) is 0 Å². The fraction of sp³-hybridized carbons (Fsp3) is 0.583. The van der Waals surface area contributed by atoms with Crippen molar-refractivity contribution in [3.05, 3.63) is 23.9 Å². The Hall–Kier alpha value is -1.09. The van der Waals surface area contributed by atoms with Gasteiger partial charge < -0.3 is 10.1 Å². The van der Waals surface area contributed by atoms with Gasteiger partial charge in [-0.3, -0.25) is 0 Å². The average molecular weight is 206 g/mol. The summed E-state index contributed by atoms with van der Waals surface area (Å²) in [5.41, 5.74) is 1.20. The number of aryl methyl sites for hydroxylation is 1. The Morgan fingerprint density at radius 1 is 1.60 bits per heavy atom. The van der Waals surface area contributed by atoms with E-state index in [1.165, 1.54) is 12.0 Å². The van der Waals surface area contributed by atoms with Gasteiger partial charge in [-0.25, -0.2) is 4.98 Å². The number of pyridine rings is 1. The summed E-state index contributed by atoms with van der Waals surface area (Å²) >= 11 is 0. The van der Waals surface area contributed by atoms with Gasteiger partial charge >= 0.3 is 0 Å². The van der Waals surface area contributed by atoms with Crippen LogP contribution in [-0.4, -0.2) is 24.7 Å². The van der Waals surface area contributed by atoms with Crippen molar-refractivity contribution >= 4 is 0 Å². The number of nitrogens with zero attached hydrogens (tertiary/aromatic N) is 1. The van der Waals surface area contributed by atoms with Crippen molar-refractivity contribution in [2.75, 3.05) is 19.7 Å². The van der Waals surface area contributed by atoms with Gasteiger partial charge in [0.1, 0.15) is 0 Å². The van der Waals surface area contributed by atoms with Crippen molar-refractivity contribution in [1.82, 2.24) is 10.3 Å². The van der Waals surface area contributed by atoms with Gasteiger partial charge in [0.05, 0.1) is 6.61 Å². The third-order valence-electron chi connectivity index (χ3n) is 2.83. The third kappa shape index (κ3) is 3.20. The molecule has 1 fully saturated rings. The van der Waals surface area contributed by atoms with E-state index in [-0.39, 0.29) is 0 Å². The van der Waals surface area contributed by atoms with Crippen molar-refractivity contribution in [2.45, 2.75) is 19.8 Å². The lowest BCUT2D eigenvalue weighted by Gasteiger charge is -2.09. The molecule has 0 radical (unpaired) electrons. The molecule has 0 aromatic carbocycles. The van der Waals surface area contributed by atoms with Gasteiger partial charge in [-0.15, -0.1) is 0 Å². The van der Waals surface area contributed by atoms with E-state index < -0.39 is 0 Å². The fourth-order valence-corrected chi connectivity index (χ4v) is 1.88. The van der Waals surface area contributed by atoms with Crippen molar-refractivity contribution in [2.24, 2.45) is 5.92 Å². The SMILES string of the molecule is Cc1ccnc(OCCC2CCNC2)c1. The second kappa shape index (κ2) is 5.12. The number of hydrogen-bond acceptors (Lipinski definition) is 3. The molecule has 1 N–H and O–H groups in total. The lowest BCUT2D eigenvalue weighted by Crippen LogP contribution is -2.11. The van der Waals surface area contributed by atoms with Crippen LogP contribution in [0.15, 0.2) is 18.3 Å². The zero-order chi connectivity index (χ0) is 10.5. The molecular formula is C12H18N2O. The van der Waals surface area contributed by atoms with E-state index in [1.54, 1.807) is 6.20 Å². The van der Waals surface area contributed by atoms with Crippen molar-refractivity contribution < 1.29 is 4.74 Å². The predicted octanol–water partition coefficient (Wildman–Crippen LogP) is 1.77. The molecule has 0 aliphatic carbocycles. The van der Waals surface area contributed by atoms with E-state index in [0.717, 1.165) is 37.9 Å². The first kappa shape index (κ1) is 10.4. The largest absolute Gasteiger partial charge is 0.478 e. The predicted molar refractivity (Wildman–Crippen MR) is 60.1 cm³/mol. The summed E-state index contributed by atoms with van der Waals surface area (Å²) in [5, 5.41) is 3.36. The topological polar surface area (TPSA) is 34.1 Å². The van der Waals surface area contributed by atoms with E-state index >= 15 is 0 Å². The summed E-state index contributed by atoms with van der Waals surface area (Å²) in [7, 11) is 0. The van der Waals surface area contributed by atoms with Crippen LogP contribution in [0, 0.1) is 12.8 Å². The first-order valence-electron chi connectivity index (χ1n) is 5.61. The molecule has 1 unspecified atom stereocenters. The van der Waals surface area contributed by atoms with Gasteiger partial charge in [0.15, 0.2) is 0 Å². The van der Waals surface area contributed by atoms with Crippen molar-refractivity contribution in [3.8, 4) is 5.88 Å². The zero-order valence-electron chi connectivity index (χ0n) is 9.20. The molecule has 0 amide bonds. The van der Waals surface area contributed by atoms with Crippen LogP contribution in [-0.2, 0) is 0 Å². The minimum absolute atomic E-state index is 0.751. The molecule has 2 heterocycles. The maximum Gasteiger partial charge on any atom is 0.213 e. The van der Waals surface area contributed by atoms with Gasteiger partial charge in [0.2, 0.25) is 5.88 Å². The molecule has 3 heteroatoms.